The van der Waals surface area contributed by atoms with Gasteiger partial charge in [0.05, 0.1) is 14.2 Å². The molecule has 1 rings (SSSR count). The van der Waals surface area contributed by atoms with Gasteiger partial charge in [-0.2, -0.15) is 0 Å². The molecule has 0 heterocycles. The summed E-state index contributed by atoms with van der Waals surface area (Å²) in [6, 6.07) is 3.34. The van der Waals surface area contributed by atoms with Crippen molar-refractivity contribution >= 4 is 6.29 Å². The Hall–Kier alpha value is -1.55. The van der Waals surface area contributed by atoms with Gasteiger partial charge in [0.25, 0.3) is 0 Å². The molecule has 0 amide bonds. The Balaban J connectivity index is 3.14. The van der Waals surface area contributed by atoms with Crippen molar-refractivity contribution in [3.05, 3.63) is 23.3 Å². The molecule has 1 aromatic carbocycles. The van der Waals surface area contributed by atoms with Crippen molar-refractivity contribution in [2.24, 2.45) is 0 Å². The quantitative estimate of drug-likeness (QED) is 0.743. The maximum absolute atomic E-state index is 10.7. The van der Waals surface area contributed by atoms with Crippen molar-refractivity contribution in [3.8, 4) is 11.5 Å². The van der Waals surface area contributed by atoms with Crippen LogP contribution in [0.25, 0.3) is 0 Å². The lowest BCUT2D eigenvalue weighted by Crippen LogP contribution is -2.00. The second kappa shape index (κ2) is 6.12. The number of methoxy groups -OCH3 is 2. The number of benzene rings is 1. The second-order valence-electron chi connectivity index (χ2n) is 3.35. The topological polar surface area (TPSA) is 55.8 Å². The lowest BCUT2D eigenvalue weighted by molar-refractivity contribution is 0.112. The minimum absolute atomic E-state index is 0.113. The predicted octanol–water partition coefficient (Wildman–Crippen LogP) is 1.44. The molecular weight excluding hydrogens is 208 g/mol. The van der Waals surface area contributed by atoms with Gasteiger partial charge in [0.15, 0.2) is 0 Å². The zero-order valence-corrected chi connectivity index (χ0v) is 9.53. The standard InChI is InChI=1S/C12H16O4/c1-15-11-6-9(8-14)7-12(16-2)10(11)4-3-5-13/h6-8,13H,3-5H2,1-2H3. The van der Waals surface area contributed by atoms with Crippen LogP contribution in [0.5, 0.6) is 11.5 Å². The summed E-state index contributed by atoms with van der Waals surface area (Å²) in [4.78, 5) is 10.7. The van der Waals surface area contributed by atoms with Crippen molar-refractivity contribution < 1.29 is 19.4 Å². The van der Waals surface area contributed by atoms with Crippen LogP contribution < -0.4 is 9.47 Å². The summed E-state index contributed by atoms with van der Waals surface area (Å²) >= 11 is 0. The monoisotopic (exact) mass is 224 g/mol. The molecule has 0 unspecified atom stereocenters. The third-order valence-electron chi connectivity index (χ3n) is 2.35. The molecule has 0 radical (unpaired) electrons. The van der Waals surface area contributed by atoms with Crippen LogP contribution in [-0.2, 0) is 6.42 Å². The summed E-state index contributed by atoms with van der Waals surface area (Å²) in [7, 11) is 3.09. The highest BCUT2D eigenvalue weighted by Gasteiger charge is 2.11. The van der Waals surface area contributed by atoms with E-state index in [1.54, 1.807) is 26.4 Å². The van der Waals surface area contributed by atoms with Gasteiger partial charge in [0.2, 0.25) is 0 Å². The zero-order chi connectivity index (χ0) is 12.0. The zero-order valence-electron chi connectivity index (χ0n) is 9.53. The van der Waals surface area contributed by atoms with E-state index >= 15 is 0 Å². The normalized spacial score (nSPS) is 9.94. The fraction of sp³-hybridized carbons (Fsp3) is 0.417. The lowest BCUT2D eigenvalue weighted by Gasteiger charge is -2.13. The van der Waals surface area contributed by atoms with Crippen LogP contribution in [0.2, 0.25) is 0 Å². The number of ether oxygens (including phenoxy) is 2. The van der Waals surface area contributed by atoms with Crippen LogP contribution in [0.1, 0.15) is 22.3 Å². The number of carbonyl (C=O) groups is 1. The summed E-state index contributed by atoms with van der Waals surface area (Å²) in [6.45, 7) is 0.113. The molecule has 0 fully saturated rings. The van der Waals surface area contributed by atoms with Crippen molar-refractivity contribution in [3.63, 3.8) is 0 Å². The third-order valence-corrected chi connectivity index (χ3v) is 2.35. The molecular formula is C12H16O4. The fourth-order valence-corrected chi connectivity index (χ4v) is 1.57. The number of rotatable bonds is 6. The van der Waals surface area contributed by atoms with Gasteiger partial charge in [-0.3, -0.25) is 4.79 Å². The van der Waals surface area contributed by atoms with E-state index < -0.39 is 0 Å². The van der Waals surface area contributed by atoms with E-state index in [1.165, 1.54) is 0 Å². The average molecular weight is 224 g/mol. The lowest BCUT2D eigenvalue weighted by atomic mass is 10.0. The molecule has 0 atom stereocenters. The molecule has 0 saturated heterocycles. The smallest absolute Gasteiger partial charge is 0.150 e. The number of aldehydes is 1. The molecule has 0 aliphatic carbocycles. The molecule has 1 aromatic rings. The highest BCUT2D eigenvalue weighted by Crippen LogP contribution is 2.31. The van der Waals surface area contributed by atoms with Gasteiger partial charge in [-0.15, -0.1) is 0 Å². The summed E-state index contributed by atoms with van der Waals surface area (Å²) < 4.78 is 10.4. The van der Waals surface area contributed by atoms with Crippen LogP contribution >= 0.6 is 0 Å². The molecule has 88 valence electrons. The van der Waals surface area contributed by atoms with Crippen LogP contribution in [0, 0.1) is 0 Å². The largest absolute Gasteiger partial charge is 0.496 e. The Labute approximate surface area is 94.8 Å². The summed E-state index contributed by atoms with van der Waals surface area (Å²) in [5, 5.41) is 8.82. The first-order chi connectivity index (χ1) is 7.76. The van der Waals surface area contributed by atoms with Crippen molar-refractivity contribution in [1.29, 1.82) is 0 Å². The molecule has 0 spiro atoms. The molecule has 1 N–H and O–H groups in total. The van der Waals surface area contributed by atoms with Gasteiger partial charge < -0.3 is 14.6 Å². The SMILES string of the molecule is COc1cc(C=O)cc(OC)c1CCCO. The number of hydrogen-bond acceptors (Lipinski definition) is 4. The van der Waals surface area contributed by atoms with E-state index in [0.29, 0.717) is 29.9 Å². The van der Waals surface area contributed by atoms with Gasteiger partial charge in [0, 0.05) is 17.7 Å². The summed E-state index contributed by atoms with van der Waals surface area (Å²) in [6.07, 6.45) is 2.04. The molecule has 0 aromatic heterocycles. The van der Waals surface area contributed by atoms with Gasteiger partial charge >= 0.3 is 0 Å². The minimum Gasteiger partial charge on any atom is -0.496 e. The van der Waals surface area contributed by atoms with E-state index in [2.05, 4.69) is 0 Å². The summed E-state index contributed by atoms with van der Waals surface area (Å²) in [5.74, 6) is 1.24. The Morgan fingerprint density at radius 1 is 1.25 bits per heavy atom. The number of aliphatic hydroxyl groups excluding tert-OH is 1. The Bertz CT molecular complexity index is 335. The average Bonchev–Trinajstić information content (AvgIpc) is 2.35. The van der Waals surface area contributed by atoms with Crippen molar-refractivity contribution in [2.75, 3.05) is 20.8 Å². The third kappa shape index (κ3) is 2.73. The molecule has 0 saturated carbocycles. The molecule has 4 nitrogen and oxygen atoms in total. The Morgan fingerprint density at radius 3 is 2.19 bits per heavy atom. The van der Waals surface area contributed by atoms with Crippen molar-refractivity contribution in [2.45, 2.75) is 12.8 Å². The van der Waals surface area contributed by atoms with Gasteiger partial charge in [-0.1, -0.05) is 0 Å². The number of hydrogen-bond donors (Lipinski definition) is 1. The van der Waals surface area contributed by atoms with Gasteiger partial charge in [0.1, 0.15) is 17.8 Å². The second-order valence-corrected chi connectivity index (χ2v) is 3.35. The van der Waals surface area contributed by atoms with Gasteiger partial charge in [-0.05, 0) is 25.0 Å². The first kappa shape index (κ1) is 12.5. The molecule has 0 bridgehead atoms. The molecule has 16 heavy (non-hydrogen) atoms. The van der Waals surface area contributed by atoms with Crippen LogP contribution in [0.3, 0.4) is 0 Å². The van der Waals surface area contributed by atoms with E-state index in [4.69, 9.17) is 14.6 Å². The van der Waals surface area contributed by atoms with E-state index in [9.17, 15) is 4.79 Å². The highest BCUT2D eigenvalue weighted by atomic mass is 16.5. The number of aliphatic hydroxyl groups is 1. The first-order valence-corrected chi connectivity index (χ1v) is 5.07. The Morgan fingerprint density at radius 2 is 1.81 bits per heavy atom. The molecule has 4 heteroatoms. The minimum atomic E-state index is 0.113. The molecule has 0 aliphatic heterocycles. The predicted molar refractivity (Wildman–Crippen MR) is 60.3 cm³/mol. The highest BCUT2D eigenvalue weighted by molar-refractivity contribution is 5.77. The maximum Gasteiger partial charge on any atom is 0.150 e. The molecule has 0 aliphatic rings. The Kier molecular flexibility index (Phi) is 4.79. The van der Waals surface area contributed by atoms with Crippen molar-refractivity contribution in [1.82, 2.24) is 0 Å². The van der Waals surface area contributed by atoms with Crippen LogP contribution in [-0.4, -0.2) is 32.2 Å². The number of carbonyl (C=O) groups excluding carboxylic acids is 1. The van der Waals surface area contributed by atoms with Crippen LogP contribution in [0.15, 0.2) is 12.1 Å². The first-order valence-electron chi connectivity index (χ1n) is 5.07. The van der Waals surface area contributed by atoms with Gasteiger partial charge in [-0.25, -0.2) is 0 Å². The van der Waals surface area contributed by atoms with E-state index in [-0.39, 0.29) is 6.61 Å². The maximum atomic E-state index is 10.7. The van der Waals surface area contributed by atoms with E-state index in [1.807, 2.05) is 0 Å². The van der Waals surface area contributed by atoms with E-state index in [0.717, 1.165) is 11.8 Å². The van der Waals surface area contributed by atoms with Crippen LogP contribution in [0.4, 0.5) is 0 Å². The summed E-state index contributed by atoms with van der Waals surface area (Å²) in [5.41, 5.74) is 1.39. The fourth-order valence-electron chi connectivity index (χ4n) is 1.57.